The van der Waals surface area contributed by atoms with E-state index in [4.69, 9.17) is 186 Å². The van der Waals surface area contributed by atoms with E-state index in [1.54, 1.807) is 96.1 Å². The molecule has 0 aliphatic heterocycles. The number of nitriles is 2. The number of nitrogens with two attached hydrogens (primary N) is 3. The van der Waals surface area contributed by atoms with Crippen molar-refractivity contribution in [3.8, 4) is 82.5 Å². The number of primary amides is 1. The predicted octanol–water partition coefficient (Wildman–Crippen LogP) is 18.3. The molecular formula is C80H97Cl10N19O14S3. The Kier molecular flexibility index (Phi) is 61.9. The number of H-pyrrole nitrogens is 1. The van der Waals surface area contributed by atoms with Gasteiger partial charge in [-0.3, -0.25) is 15.3 Å². The van der Waals surface area contributed by atoms with Crippen LogP contribution in [0.25, 0.3) is 29.0 Å². The summed E-state index contributed by atoms with van der Waals surface area (Å²) >= 11 is 52.0. The number of amides is 1. The second-order valence-electron chi connectivity index (χ2n) is 26.0. The lowest BCUT2D eigenvalue weighted by molar-refractivity contribution is -0.141. The maximum Gasteiger partial charge on any atom is 0.384 e. The molecule has 0 aliphatic rings. The largest absolute Gasteiger partial charge is 0.475 e. The molecule has 684 valence electrons. The molecule has 126 heavy (non-hydrogen) atoms. The third-order valence-electron chi connectivity index (χ3n) is 11.5. The highest BCUT2D eigenvalue weighted by atomic mass is 36.0. The van der Waals surface area contributed by atoms with Gasteiger partial charge in [-0.25, -0.2) is 63.3 Å². The van der Waals surface area contributed by atoms with Crippen molar-refractivity contribution in [1.82, 2.24) is 64.8 Å². The molecule has 0 aromatic carbocycles. The highest BCUT2D eigenvalue weighted by Gasteiger charge is 2.15. The van der Waals surface area contributed by atoms with Gasteiger partial charge in [0.2, 0.25) is 50.4 Å². The number of thioether (sulfide) groups is 1. The molecule has 9 aromatic heterocycles. The van der Waals surface area contributed by atoms with Crippen LogP contribution >= 0.6 is 138 Å². The molecule has 9 rings (SSSR count). The quantitative estimate of drug-likeness (QED) is 0.00351. The average molecular weight is 2000 g/mol. The molecule has 0 saturated carbocycles. The van der Waals surface area contributed by atoms with Gasteiger partial charge >= 0.3 is 11.9 Å². The molecule has 9 aromatic rings. The molecule has 33 nitrogen and oxygen atoms in total. The lowest BCUT2D eigenvalue weighted by Crippen LogP contribution is -2.13. The van der Waals surface area contributed by atoms with Gasteiger partial charge < -0.3 is 65.0 Å². The number of carbonyl (C=O) groups excluding carboxylic acids is 4. The summed E-state index contributed by atoms with van der Waals surface area (Å²) in [5.74, 6) is 3.80. The normalized spacial score (nSPS) is 10.1. The summed E-state index contributed by atoms with van der Waals surface area (Å²) in [7, 11) is 7.36. The maximum absolute atomic E-state index is 11.5. The molecular weight excluding hydrogens is 1900 g/mol. The molecule has 0 spiro atoms. The fourth-order valence-electron chi connectivity index (χ4n) is 7.52. The number of nitrogens with one attached hydrogen (secondary N) is 2. The summed E-state index contributed by atoms with van der Waals surface area (Å²) < 4.78 is 52.4. The van der Waals surface area contributed by atoms with E-state index in [-0.39, 0.29) is 92.2 Å². The van der Waals surface area contributed by atoms with Gasteiger partial charge in [-0.1, -0.05) is 105 Å². The minimum Gasteiger partial charge on any atom is -0.475 e. The number of hydrogen-bond donors (Lipinski definition) is 6. The van der Waals surface area contributed by atoms with Crippen LogP contribution in [0.15, 0.2) is 104 Å². The first-order chi connectivity index (χ1) is 58.8. The van der Waals surface area contributed by atoms with Crippen LogP contribution in [-0.4, -0.2) is 176 Å². The Bertz CT molecular complexity index is 4950. The van der Waals surface area contributed by atoms with Gasteiger partial charge in [0.15, 0.2) is 11.6 Å². The number of ether oxygens (including phenoxy) is 8. The molecule has 0 bridgehead atoms. The van der Waals surface area contributed by atoms with Crippen molar-refractivity contribution in [1.29, 1.82) is 15.9 Å². The Labute approximate surface area is 793 Å². The molecule has 1 amide bonds. The Morgan fingerprint density at radius 1 is 0.548 bits per heavy atom. The number of hydrogen-bond acceptors (Lipinski definition) is 31. The van der Waals surface area contributed by atoms with E-state index in [1.807, 2.05) is 107 Å². The van der Waals surface area contributed by atoms with Crippen molar-refractivity contribution in [3.63, 3.8) is 0 Å². The van der Waals surface area contributed by atoms with Gasteiger partial charge in [0.05, 0.1) is 77.1 Å². The van der Waals surface area contributed by atoms with Gasteiger partial charge in [0.1, 0.15) is 65.2 Å². The van der Waals surface area contributed by atoms with Gasteiger partial charge in [0, 0.05) is 116 Å². The molecule has 9 heterocycles. The van der Waals surface area contributed by atoms with Crippen LogP contribution in [0, 0.1) is 40.4 Å². The molecule has 0 aliphatic carbocycles. The lowest BCUT2D eigenvalue weighted by atomic mass is 10.2. The fourth-order valence-corrected chi connectivity index (χ4v) is 9.66. The van der Waals surface area contributed by atoms with Gasteiger partial charge in [-0.05, 0) is 179 Å². The number of aliphatic hydroxyl groups is 1. The number of aromatic nitrogens is 13. The predicted molar refractivity (Wildman–Crippen MR) is 502 cm³/mol. The average Bonchev–Trinajstić information content (AvgIpc) is 1.55. The van der Waals surface area contributed by atoms with Crippen molar-refractivity contribution in [2.45, 2.75) is 180 Å². The Morgan fingerprint density at radius 2 is 0.881 bits per heavy atom. The number of terminal acetylenes is 1. The summed E-state index contributed by atoms with van der Waals surface area (Å²) in [4.78, 5) is 77.7. The highest BCUT2D eigenvalue weighted by molar-refractivity contribution is 8.26. The number of halogens is 10. The third kappa shape index (κ3) is 60.1. The summed E-state index contributed by atoms with van der Waals surface area (Å²) in [5.41, 5.74) is 19.3. The number of aliphatic hydroxyl groups excluding tert-OH is 1. The summed E-state index contributed by atoms with van der Waals surface area (Å²) in [6.07, 6.45) is 12.5. The van der Waals surface area contributed by atoms with Crippen LogP contribution < -0.4 is 45.6 Å². The SMILES string of the molecule is C#CC(=O)OC(C)C.CC(C)O.CC(C)OC(=O)/C=C\n1cnc(-c2cc(Cl)nc(OC(C)C)c2)n1.CC(C)Oc1cc(-c2ncn[nH]2)cc(Cl)n1.CC(C)Oc1cc(C#N)cc(Cl)n1.CC(C)Oc1cc(C(N)=O)cc(Cl)n1.CC(C)Oc1cc(C(N)=S)cc(Cl)n1.CSC(=N)c1cc(Cl)nc(OC(C)C)c1.N#Cc1cc(Cl)nc(Cl)c1.NCC=O.O=S(Cl)Cl. The van der Waals surface area contributed by atoms with Crippen LogP contribution in [0.3, 0.4) is 0 Å². The minimum absolute atomic E-state index is 0.0239. The molecule has 0 unspecified atom stereocenters. The zero-order chi connectivity index (χ0) is 96.6. The topological polar surface area (TPSA) is 491 Å². The Hall–Kier alpha value is -9.63. The molecule has 0 atom stereocenters. The first-order valence-corrected chi connectivity index (χ1v) is 44.1. The minimum atomic E-state index is -1.67. The van der Waals surface area contributed by atoms with E-state index in [1.165, 1.54) is 71.7 Å². The molecule has 9 N–H and O–H groups in total. The number of thiocarbonyl (C=S) groups is 1. The van der Waals surface area contributed by atoms with E-state index >= 15 is 0 Å². The van der Waals surface area contributed by atoms with Gasteiger partial charge in [0.25, 0.3) is 0 Å². The molecule has 0 fully saturated rings. The second-order valence-corrected chi connectivity index (χ2v) is 32.9. The summed E-state index contributed by atoms with van der Waals surface area (Å²) in [5, 5.41) is 46.3. The lowest BCUT2D eigenvalue weighted by Gasteiger charge is -2.10. The Balaban J connectivity index is 0. The standard InChI is InChI=1S/C16H19ClN4O3.C10H11ClN4O.C10H13ClN2OS.C9H11ClN2O2.C9H11ClN2OS.C9H9ClN2O.C6H2Cl2N2.C6H8O2.C3H8O.C2H5NO.Cl2OS/c1-10(2)23-14-8-12(7-13(17)19-14)16-18-9-21(20-16)6-5-15(22)24-11(3)4;1-6(2)16-9-4-7(3-8(11)14-9)10-12-5-13-15-10;1-6(2)14-9-5-7(10(12)15-3)4-8(11)13-9;1-5(2)14-8-4-6(9(11)13)3-7(10)12-8;1-5(2)13-8-4-6(9(11)14)3-7(10)12-8;1-6(2)13-9-4-7(5-11)3-8(10)12-9;7-5-1-4(3-9)2-6(8)10-5;1-4-6(7)8-5(2)3;1-3(2)4;3-1-2-4;1-4(2)3/h5-11H,1-4H3;3-6H,1-2H3,(H,12,13,15);4-6,12H,1-3H3;3-5H,1-2H3,(H2,11,13);3-5H,1-2H3,(H2,11,14);3-4,6H,1-2H3;1-2H;1,5H,2-3H3;3-4H,1-2H3;2H,1,3H2;/b6-5-;;;;;;;;;;. The van der Waals surface area contributed by atoms with Gasteiger partial charge in [-0.2, -0.15) is 15.6 Å². The number of aldehydes is 1. The maximum atomic E-state index is 11.5. The smallest absolute Gasteiger partial charge is 0.384 e. The zero-order valence-electron chi connectivity index (χ0n) is 71.7. The van der Waals surface area contributed by atoms with Crippen LogP contribution in [0.2, 0.25) is 41.2 Å². The molecule has 0 radical (unpaired) electrons. The van der Waals surface area contributed by atoms with Crippen LogP contribution in [0.5, 0.6) is 35.3 Å². The molecule has 46 heteroatoms. The second kappa shape index (κ2) is 65.9. The number of rotatable bonds is 22. The van der Waals surface area contributed by atoms with Crippen LogP contribution in [-0.2, 0) is 33.1 Å². The van der Waals surface area contributed by atoms with Crippen molar-refractivity contribution in [2.75, 3.05) is 12.8 Å². The van der Waals surface area contributed by atoms with Crippen molar-refractivity contribution < 1.29 is 66.4 Å². The van der Waals surface area contributed by atoms with Gasteiger partial charge in [-0.15, -0.1) is 23.3 Å². The summed E-state index contributed by atoms with van der Waals surface area (Å²) in [6.45, 7) is 33.4. The van der Waals surface area contributed by atoms with Crippen LogP contribution in [0.1, 0.15) is 157 Å². The fraction of sp³-hybridized carbons (Fsp3) is 0.362. The molecule has 0 saturated heterocycles. The highest BCUT2D eigenvalue weighted by Crippen LogP contribution is 2.27. The van der Waals surface area contributed by atoms with E-state index in [9.17, 15) is 14.4 Å². The number of aromatic amines is 1. The van der Waals surface area contributed by atoms with E-state index in [2.05, 4.69) is 92.0 Å². The van der Waals surface area contributed by atoms with E-state index < -0.39 is 27.1 Å². The van der Waals surface area contributed by atoms with Crippen molar-refractivity contribution in [2.24, 2.45) is 17.2 Å². The number of esters is 2. The number of carbonyl (C=O) groups is 4. The van der Waals surface area contributed by atoms with E-state index in [0.717, 1.165) is 11.1 Å². The van der Waals surface area contributed by atoms with Crippen molar-refractivity contribution >= 4 is 188 Å². The monoisotopic (exact) mass is 1990 g/mol. The van der Waals surface area contributed by atoms with E-state index in [0.29, 0.717) is 102 Å². The van der Waals surface area contributed by atoms with Crippen LogP contribution in [0.4, 0.5) is 0 Å². The third-order valence-corrected chi connectivity index (χ3v) is 14.0. The number of nitrogens with zero attached hydrogens (tertiary/aromatic N) is 14. The summed E-state index contributed by atoms with van der Waals surface area (Å²) in [6, 6.07) is 26.2. The first kappa shape index (κ1) is 118. The zero-order valence-corrected chi connectivity index (χ0v) is 81.7. The van der Waals surface area contributed by atoms with Crippen molar-refractivity contribution in [3.05, 3.63) is 173 Å². The number of pyridine rings is 7. The first-order valence-electron chi connectivity index (χ1n) is 36.7. The Morgan fingerprint density at radius 3 is 1.22 bits per heavy atom.